The first-order valence-corrected chi connectivity index (χ1v) is 17.1. The van der Waals surface area contributed by atoms with Crippen LogP contribution < -0.4 is 4.74 Å². The minimum absolute atomic E-state index is 0. The molecule has 252 valence electrons. The van der Waals surface area contributed by atoms with Gasteiger partial charge in [-0.15, -0.1) is 35.7 Å². The number of aryl methyl sites for hydroxylation is 3. The van der Waals surface area contributed by atoms with E-state index in [1.807, 2.05) is 29.1 Å². The molecule has 1 unspecified atom stereocenters. The van der Waals surface area contributed by atoms with Crippen LogP contribution in [0.5, 0.6) is 11.5 Å². The molecule has 1 aliphatic rings. The van der Waals surface area contributed by atoms with E-state index in [2.05, 4.69) is 137 Å². The zero-order valence-corrected chi connectivity index (χ0v) is 31.5. The number of nitrogens with zero attached hydrogens (tertiary/aromatic N) is 4. The van der Waals surface area contributed by atoms with Gasteiger partial charge in [-0.3, -0.25) is 4.68 Å². The first kappa shape index (κ1) is 33.8. The molecule has 0 N–H and O–H groups in total. The van der Waals surface area contributed by atoms with Gasteiger partial charge in [0.15, 0.2) is 0 Å². The van der Waals surface area contributed by atoms with E-state index in [0.29, 0.717) is 29.3 Å². The van der Waals surface area contributed by atoms with Crippen molar-refractivity contribution >= 4 is 21.8 Å². The molecule has 0 radical (unpaired) electrons. The molecule has 0 saturated heterocycles. The molecule has 5 nitrogen and oxygen atoms in total. The quantitative estimate of drug-likeness (QED) is 0.124. The van der Waals surface area contributed by atoms with Crippen LogP contribution in [0, 0.1) is 45.7 Å². The van der Waals surface area contributed by atoms with Crippen LogP contribution >= 0.6 is 0 Å². The molecule has 8 rings (SSSR count). The number of fused-ring (bicyclic) bond motifs is 3. The van der Waals surface area contributed by atoms with Crippen LogP contribution in [-0.4, -0.2) is 19.3 Å². The maximum Gasteiger partial charge on any atom is 2.00 e. The van der Waals surface area contributed by atoms with E-state index in [1.54, 1.807) is 0 Å². The van der Waals surface area contributed by atoms with E-state index < -0.39 is 0 Å². The number of ether oxygens (including phenoxy) is 1. The van der Waals surface area contributed by atoms with Crippen LogP contribution in [0.25, 0.3) is 33.3 Å². The van der Waals surface area contributed by atoms with Crippen molar-refractivity contribution in [3.05, 3.63) is 155 Å². The van der Waals surface area contributed by atoms with Gasteiger partial charge in [0, 0.05) is 46.3 Å². The van der Waals surface area contributed by atoms with Crippen LogP contribution in [0.2, 0.25) is 0 Å². The van der Waals surface area contributed by atoms with Gasteiger partial charge in [0.1, 0.15) is 5.82 Å². The Morgan fingerprint density at radius 2 is 1.56 bits per heavy atom. The molecule has 0 amide bonds. The topological polar surface area (TPSA) is 44.9 Å². The monoisotopic (exact) mass is 835 g/mol. The Balaban J connectivity index is 0.00000392. The fraction of sp³-hybridized carbons (Fsp3) is 0.227. The molecule has 6 heteroatoms. The summed E-state index contributed by atoms with van der Waals surface area (Å²) in [7, 11) is 0. The van der Waals surface area contributed by atoms with Gasteiger partial charge in [0.25, 0.3) is 0 Å². The predicted molar refractivity (Wildman–Crippen MR) is 198 cm³/mol. The Morgan fingerprint density at radius 3 is 2.34 bits per heavy atom. The van der Waals surface area contributed by atoms with Crippen LogP contribution in [0.4, 0.5) is 0 Å². The number of allylic oxidation sites excluding steroid dienone is 2. The Labute approximate surface area is 308 Å². The van der Waals surface area contributed by atoms with E-state index in [0.717, 1.165) is 62.2 Å². The fourth-order valence-electron chi connectivity index (χ4n) is 8.02. The van der Waals surface area contributed by atoms with Crippen LogP contribution in [0.1, 0.15) is 65.7 Å². The number of para-hydroxylation sites is 1. The normalized spacial score (nSPS) is 17.5. The molecule has 3 aromatic heterocycles. The van der Waals surface area contributed by atoms with E-state index >= 15 is 0 Å². The van der Waals surface area contributed by atoms with Crippen LogP contribution in [-0.2, 0) is 21.1 Å². The van der Waals surface area contributed by atoms with Crippen LogP contribution in [0.3, 0.4) is 0 Å². The molecular weight excluding hydrogens is 796 g/mol. The summed E-state index contributed by atoms with van der Waals surface area (Å²) in [4.78, 5) is 4.71. The van der Waals surface area contributed by atoms with E-state index in [4.69, 9.17) is 14.8 Å². The number of hydrogen-bond acceptors (Lipinski definition) is 3. The van der Waals surface area contributed by atoms with Crippen molar-refractivity contribution in [2.75, 3.05) is 0 Å². The summed E-state index contributed by atoms with van der Waals surface area (Å²) in [5.41, 5.74) is 11.4. The Kier molecular flexibility index (Phi) is 9.13. The molecule has 50 heavy (non-hydrogen) atoms. The SMILES string of the molecule is CC1=C[C@H](c2ccccc2)C[C@H](C)C1c1c(C)nn(-c2[c-]c(Oc3[c-]c4c(cc3)c3ccccc3n4-c3cc(C)ccn3)cc(C)c2)c1C.[Pt+2]. The molecule has 0 fully saturated rings. The van der Waals surface area contributed by atoms with Crippen molar-refractivity contribution < 1.29 is 25.8 Å². The summed E-state index contributed by atoms with van der Waals surface area (Å²) in [5, 5.41) is 7.35. The summed E-state index contributed by atoms with van der Waals surface area (Å²) in [6.45, 7) is 13.2. The molecular formula is C44H40N4OPt. The number of hydrogen-bond donors (Lipinski definition) is 0. The van der Waals surface area contributed by atoms with Gasteiger partial charge in [-0.25, -0.2) is 4.98 Å². The molecule has 4 aromatic carbocycles. The molecule has 3 heterocycles. The standard InChI is InChI=1S/C44H40N4O.Pt/c1-27-18-19-45-42(22-27)47-40-15-11-10-14-38(40)39-17-16-36(26-41(39)47)49-37-21-28(2)20-35(25-37)48-32(6)44(31(5)46-48)43-29(3)23-34(24-30(43)4)33-12-8-7-9-13-33;/h7-23,30,34,43H,24H2,1-6H3;/q-2;+2/t30-,34-,43?;/m0./s1. The largest absolute Gasteiger partial charge is 2.00 e. The van der Waals surface area contributed by atoms with Gasteiger partial charge >= 0.3 is 21.1 Å². The third-order valence-corrected chi connectivity index (χ3v) is 10.1. The van der Waals surface area contributed by atoms with Gasteiger partial charge < -0.3 is 9.30 Å². The summed E-state index contributed by atoms with van der Waals surface area (Å²) >= 11 is 0. The summed E-state index contributed by atoms with van der Waals surface area (Å²) in [5.74, 6) is 3.36. The van der Waals surface area contributed by atoms with Gasteiger partial charge in [-0.1, -0.05) is 79.5 Å². The van der Waals surface area contributed by atoms with E-state index in [-0.39, 0.29) is 21.1 Å². The number of rotatable bonds is 6. The van der Waals surface area contributed by atoms with Crippen molar-refractivity contribution in [3.63, 3.8) is 0 Å². The minimum atomic E-state index is 0. The molecule has 3 atom stereocenters. The zero-order valence-electron chi connectivity index (χ0n) is 29.3. The third kappa shape index (κ3) is 6.03. The Bertz CT molecular complexity index is 2390. The van der Waals surface area contributed by atoms with Crippen molar-refractivity contribution in [2.45, 2.75) is 59.8 Å². The molecule has 0 aliphatic heterocycles. The zero-order chi connectivity index (χ0) is 33.8. The number of pyridine rings is 1. The van der Waals surface area contributed by atoms with Gasteiger partial charge in [0.05, 0.1) is 5.69 Å². The first-order valence-electron chi connectivity index (χ1n) is 17.1. The molecule has 1 aliphatic carbocycles. The number of benzene rings is 4. The maximum absolute atomic E-state index is 6.53. The first-order chi connectivity index (χ1) is 23.7. The van der Waals surface area contributed by atoms with Crippen LogP contribution in [0.15, 0.2) is 109 Å². The van der Waals surface area contributed by atoms with E-state index in [1.165, 1.54) is 16.7 Å². The average Bonchev–Trinajstić information content (AvgIpc) is 3.57. The second kappa shape index (κ2) is 13.5. The van der Waals surface area contributed by atoms with Gasteiger partial charge in [0.2, 0.25) is 0 Å². The number of aromatic nitrogens is 4. The Hall–Kier alpha value is -4.73. The summed E-state index contributed by atoms with van der Waals surface area (Å²) in [6.07, 6.45) is 5.44. The molecule has 0 spiro atoms. The van der Waals surface area contributed by atoms with Gasteiger partial charge in [-0.05, 0) is 80.4 Å². The smallest absolute Gasteiger partial charge is 0.509 e. The fourth-order valence-corrected chi connectivity index (χ4v) is 8.02. The molecule has 7 aromatic rings. The maximum atomic E-state index is 6.53. The average molecular weight is 836 g/mol. The predicted octanol–water partition coefficient (Wildman–Crippen LogP) is 10.8. The molecule has 0 bridgehead atoms. The summed E-state index contributed by atoms with van der Waals surface area (Å²) < 4.78 is 10.7. The van der Waals surface area contributed by atoms with Crippen molar-refractivity contribution in [2.24, 2.45) is 5.92 Å². The minimum Gasteiger partial charge on any atom is -0.509 e. The third-order valence-electron chi connectivity index (χ3n) is 10.1. The molecule has 0 saturated carbocycles. The second-order valence-electron chi connectivity index (χ2n) is 13.8. The van der Waals surface area contributed by atoms with E-state index in [9.17, 15) is 0 Å². The van der Waals surface area contributed by atoms with Crippen molar-refractivity contribution in [1.29, 1.82) is 0 Å². The second-order valence-corrected chi connectivity index (χ2v) is 13.8. The Morgan fingerprint density at radius 1 is 0.780 bits per heavy atom. The summed E-state index contributed by atoms with van der Waals surface area (Å²) in [6, 6.07) is 38.8. The van der Waals surface area contributed by atoms with Crippen molar-refractivity contribution in [3.8, 4) is 23.0 Å². The van der Waals surface area contributed by atoms with Gasteiger partial charge in [-0.2, -0.15) is 16.7 Å². The van der Waals surface area contributed by atoms with Crippen molar-refractivity contribution in [1.82, 2.24) is 19.3 Å².